The number of nitriles is 1. The maximum atomic E-state index is 9.91. The van der Waals surface area contributed by atoms with Crippen molar-refractivity contribution in [1.29, 1.82) is 5.26 Å². The van der Waals surface area contributed by atoms with Gasteiger partial charge in [-0.25, -0.2) is 0 Å². The molecule has 1 aliphatic carbocycles. The van der Waals surface area contributed by atoms with Gasteiger partial charge in [-0.15, -0.1) is 5.26 Å². The fourth-order valence-corrected chi connectivity index (χ4v) is 3.42. The van der Waals surface area contributed by atoms with E-state index in [2.05, 4.69) is 54.6 Å². The van der Waals surface area contributed by atoms with Crippen LogP contribution in [-0.2, 0) is 0 Å². The van der Waals surface area contributed by atoms with Crippen molar-refractivity contribution in [2.45, 2.75) is 5.92 Å². The molecule has 112 valence electrons. The van der Waals surface area contributed by atoms with Crippen molar-refractivity contribution < 1.29 is 0 Å². The smallest absolute Gasteiger partial charge is 0.136 e. The summed E-state index contributed by atoms with van der Waals surface area (Å²) in [6.45, 7) is 0. The molecule has 1 heteroatoms. The molecule has 0 saturated heterocycles. The Hall–Kier alpha value is -3.24. The molecule has 4 rings (SSSR count). The highest BCUT2D eigenvalue weighted by molar-refractivity contribution is 5.83. The normalized spacial score (nSPS) is 16.0. The number of fused-ring (bicyclic) bond motifs is 1. The van der Waals surface area contributed by atoms with Crippen LogP contribution in [0.25, 0.3) is 11.6 Å². The average Bonchev–Trinajstić information content (AvgIpc) is 2.67. The largest absolute Gasteiger partial charge is 0.201 e. The van der Waals surface area contributed by atoms with Gasteiger partial charge in [0.25, 0.3) is 0 Å². The molecule has 3 aromatic carbocycles. The first-order chi connectivity index (χ1) is 11.9. The van der Waals surface area contributed by atoms with Crippen molar-refractivity contribution in [3.8, 4) is 6.07 Å². The second kappa shape index (κ2) is 6.10. The van der Waals surface area contributed by atoms with E-state index >= 15 is 0 Å². The Bertz CT molecular complexity index is 1010. The van der Waals surface area contributed by atoms with Crippen molar-refractivity contribution in [3.05, 3.63) is 112 Å². The number of hydrogen-bond acceptors (Lipinski definition) is 1. The molecule has 0 aliphatic heterocycles. The molecule has 1 nitrogen and oxygen atoms in total. The van der Waals surface area contributed by atoms with Gasteiger partial charge in [-0.3, -0.25) is 0 Å². The van der Waals surface area contributed by atoms with Crippen LogP contribution in [0.15, 0.2) is 84.9 Å². The SMILES string of the molecule is N#CC1=c2ccccc2=CC(c2ccccc2)[C+]1c1ccccc1. The van der Waals surface area contributed by atoms with E-state index in [4.69, 9.17) is 0 Å². The maximum absolute atomic E-state index is 9.91. The minimum Gasteiger partial charge on any atom is -0.136 e. The highest BCUT2D eigenvalue weighted by Gasteiger charge is 2.35. The Balaban J connectivity index is 2.02. The van der Waals surface area contributed by atoms with Crippen molar-refractivity contribution in [1.82, 2.24) is 0 Å². The Morgan fingerprint density at radius 1 is 0.750 bits per heavy atom. The molecular weight excluding hydrogens is 290 g/mol. The molecule has 0 N–H and O–H groups in total. The lowest BCUT2D eigenvalue weighted by atomic mass is 9.73. The lowest BCUT2D eigenvalue weighted by Gasteiger charge is -2.23. The summed E-state index contributed by atoms with van der Waals surface area (Å²) in [6, 6.07) is 31.3. The van der Waals surface area contributed by atoms with Gasteiger partial charge < -0.3 is 0 Å². The molecule has 0 amide bonds. The molecule has 0 bridgehead atoms. The molecule has 1 atom stereocenters. The molecule has 0 aromatic heterocycles. The first kappa shape index (κ1) is 14.4. The first-order valence-corrected chi connectivity index (χ1v) is 8.07. The third-order valence-corrected chi connectivity index (χ3v) is 4.51. The topological polar surface area (TPSA) is 23.8 Å². The summed E-state index contributed by atoms with van der Waals surface area (Å²) in [6.07, 6.45) is 2.27. The van der Waals surface area contributed by atoms with Crippen LogP contribution in [0, 0.1) is 17.2 Å². The lowest BCUT2D eigenvalue weighted by Crippen LogP contribution is -2.35. The van der Waals surface area contributed by atoms with Crippen molar-refractivity contribution >= 4 is 11.6 Å². The Kier molecular flexibility index (Phi) is 3.65. The summed E-state index contributed by atoms with van der Waals surface area (Å²) in [4.78, 5) is 0. The zero-order valence-corrected chi connectivity index (χ0v) is 13.2. The van der Waals surface area contributed by atoms with E-state index in [1.54, 1.807) is 0 Å². The van der Waals surface area contributed by atoms with Crippen LogP contribution in [0.2, 0.25) is 0 Å². The minimum absolute atomic E-state index is 0.0816. The first-order valence-electron chi connectivity index (χ1n) is 8.07. The monoisotopic (exact) mass is 306 g/mol. The molecule has 1 unspecified atom stereocenters. The van der Waals surface area contributed by atoms with E-state index in [1.165, 1.54) is 5.56 Å². The summed E-state index contributed by atoms with van der Waals surface area (Å²) in [5, 5.41) is 12.1. The van der Waals surface area contributed by atoms with Crippen LogP contribution < -0.4 is 10.4 Å². The van der Waals surface area contributed by atoms with Crippen LogP contribution in [-0.4, -0.2) is 0 Å². The van der Waals surface area contributed by atoms with E-state index in [1.807, 2.05) is 42.5 Å². The predicted octanol–water partition coefficient (Wildman–Crippen LogP) is 3.56. The number of hydrogen-bond donors (Lipinski definition) is 0. The van der Waals surface area contributed by atoms with Gasteiger partial charge >= 0.3 is 0 Å². The summed E-state index contributed by atoms with van der Waals surface area (Å²) >= 11 is 0. The molecule has 1 aliphatic rings. The number of benzene rings is 3. The molecule has 3 aromatic rings. The zero-order chi connectivity index (χ0) is 16.4. The van der Waals surface area contributed by atoms with Gasteiger partial charge in [0.15, 0.2) is 5.57 Å². The summed E-state index contributed by atoms with van der Waals surface area (Å²) in [5.74, 6) is 1.17. The van der Waals surface area contributed by atoms with Gasteiger partial charge in [-0.2, -0.15) is 0 Å². The molecule has 0 fully saturated rings. The van der Waals surface area contributed by atoms with Crippen LogP contribution in [0.4, 0.5) is 0 Å². The number of nitrogens with zero attached hydrogens (tertiary/aromatic N) is 1. The van der Waals surface area contributed by atoms with Gasteiger partial charge in [0, 0.05) is 17.4 Å². The Morgan fingerprint density at radius 2 is 1.38 bits per heavy atom. The molecule has 0 heterocycles. The van der Waals surface area contributed by atoms with E-state index in [-0.39, 0.29) is 5.92 Å². The third-order valence-electron chi connectivity index (χ3n) is 4.51. The highest BCUT2D eigenvalue weighted by atomic mass is 14.3. The summed E-state index contributed by atoms with van der Waals surface area (Å²) < 4.78 is 0. The van der Waals surface area contributed by atoms with Crippen LogP contribution >= 0.6 is 0 Å². The van der Waals surface area contributed by atoms with Crippen molar-refractivity contribution in [2.75, 3.05) is 0 Å². The van der Waals surface area contributed by atoms with Gasteiger partial charge in [0.2, 0.25) is 6.07 Å². The van der Waals surface area contributed by atoms with Crippen LogP contribution in [0.5, 0.6) is 0 Å². The van der Waals surface area contributed by atoms with Crippen LogP contribution in [0.1, 0.15) is 17.0 Å². The minimum atomic E-state index is 0.0816. The summed E-state index contributed by atoms with van der Waals surface area (Å²) in [5.41, 5.74) is 3.08. The average molecular weight is 306 g/mol. The lowest BCUT2D eigenvalue weighted by molar-refractivity contribution is 0.961. The zero-order valence-electron chi connectivity index (χ0n) is 13.2. The predicted molar refractivity (Wildman–Crippen MR) is 97.1 cm³/mol. The standard InChI is InChI=1S/C23H16N/c24-16-22-20-14-8-7-13-19(20)15-21(17-9-3-1-4-10-17)23(22)18-11-5-2-6-12-18/h1-15,21H/q+1. The molecule has 0 spiro atoms. The number of rotatable bonds is 2. The third kappa shape index (κ3) is 2.39. The van der Waals surface area contributed by atoms with Gasteiger partial charge in [-0.1, -0.05) is 42.5 Å². The second-order valence-corrected chi connectivity index (χ2v) is 5.91. The second-order valence-electron chi connectivity index (χ2n) is 5.91. The Morgan fingerprint density at radius 3 is 2.08 bits per heavy atom. The fraction of sp³-hybridized carbons (Fsp3) is 0.0435. The van der Waals surface area contributed by atoms with E-state index in [9.17, 15) is 5.26 Å². The molecule has 0 saturated carbocycles. The molecular formula is C23H16N+. The van der Waals surface area contributed by atoms with Gasteiger partial charge in [0.05, 0.1) is 22.6 Å². The van der Waals surface area contributed by atoms with Crippen LogP contribution in [0.3, 0.4) is 0 Å². The molecule has 0 radical (unpaired) electrons. The van der Waals surface area contributed by atoms with E-state index in [0.717, 1.165) is 27.5 Å². The van der Waals surface area contributed by atoms with Gasteiger partial charge in [0.1, 0.15) is 0 Å². The maximum Gasteiger partial charge on any atom is 0.201 e. The van der Waals surface area contributed by atoms with Crippen molar-refractivity contribution in [2.24, 2.45) is 0 Å². The van der Waals surface area contributed by atoms with Crippen molar-refractivity contribution in [3.63, 3.8) is 0 Å². The quantitative estimate of drug-likeness (QED) is 0.664. The van der Waals surface area contributed by atoms with E-state index in [0.29, 0.717) is 0 Å². The summed E-state index contributed by atoms with van der Waals surface area (Å²) in [7, 11) is 0. The highest BCUT2D eigenvalue weighted by Crippen LogP contribution is 2.39. The fourth-order valence-electron chi connectivity index (χ4n) is 3.42. The van der Waals surface area contributed by atoms with E-state index < -0.39 is 0 Å². The van der Waals surface area contributed by atoms with Gasteiger partial charge in [-0.05, 0) is 42.0 Å². The molecule has 24 heavy (non-hydrogen) atoms. The Labute approximate surface area is 141 Å².